The number of nitrogens with zero attached hydrogens (tertiary/aromatic N) is 2. The van der Waals surface area contributed by atoms with Gasteiger partial charge >= 0.3 is 0 Å². The zero-order valence-corrected chi connectivity index (χ0v) is 16.9. The number of imidazole rings is 1. The highest BCUT2D eigenvalue weighted by Gasteiger charge is 2.23. The van der Waals surface area contributed by atoms with E-state index < -0.39 is 5.54 Å². The lowest BCUT2D eigenvalue weighted by molar-refractivity contribution is -0.122. The second-order valence-corrected chi connectivity index (χ2v) is 7.40. The second-order valence-electron chi connectivity index (χ2n) is 7.00. The number of halogens is 1. The van der Waals surface area contributed by atoms with E-state index in [1.165, 1.54) is 6.42 Å². The molecule has 142 valence electrons. The van der Waals surface area contributed by atoms with Gasteiger partial charge in [-0.05, 0) is 44.5 Å². The topological polar surface area (TPSA) is 59.0 Å². The first-order valence-corrected chi connectivity index (χ1v) is 9.60. The van der Waals surface area contributed by atoms with Gasteiger partial charge in [0.1, 0.15) is 0 Å². The van der Waals surface area contributed by atoms with Gasteiger partial charge in [-0.3, -0.25) is 4.79 Å². The van der Waals surface area contributed by atoms with Crippen LogP contribution < -0.4 is 10.6 Å². The van der Waals surface area contributed by atoms with Gasteiger partial charge in [0.25, 0.3) is 0 Å². The number of carbonyl (C=O) groups is 1. The molecule has 1 amide bonds. The van der Waals surface area contributed by atoms with Crippen LogP contribution in [0.15, 0.2) is 30.7 Å². The Kier molecular flexibility index (Phi) is 7.23. The molecule has 0 radical (unpaired) electrons. The van der Waals surface area contributed by atoms with Gasteiger partial charge in [0.05, 0.1) is 28.3 Å². The Hall–Kier alpha value is -1.85. The first kappa shape index (κ1) is 20.5. The lowest BCUT2D eigenvalue weighted by Crippen LogP contribution is -2.40. The van der Waals surface area contributed by atoms with E-state index in [1.807, 2.05) is 49.7 Å². The van der Waals surface area contributed by atoms with E-state index in [9.17, 15) is 4.79 Å². The van der Waals surface area contributed by atoms with Crippen molar-refractivity contribution in [2.24, 2.45) is 0 Å². The fraction of sp³-hybridized carbons (Fsp3) is 0.500. The second kappa shape index (κ2) is 9.19. The van der Waals surface area contributed by atoms with Crippen LogP contribution in [0.4, 0.5) is 0 Å². The van der Waals surface area contributed by atoms with E-state index in [4.69, 9.17) is 11.6 Å². The molecule has 0 atom stereocenters. The smallest absolute Gasteiger partial charge is 0.220 e. The van der Waals surface area contributed by atoms with Gasteiger partial charge in [0.2, 0.25) is 5.91 Å². The number of hydrogen-bond donors (Lipinski definition) is 2. The molecule has 1 heterocycles. The maximum Gasteiger partial charge on any atom is 0.220 e. The van der Waals surface area contributed by atoms with Crippen molar-refractivity contribution in [3.63, 3.8) is 0 Å². The van der Waals surface area contributed by atoms with Gasteiger partial charge in [-0.2, -0.15) is 0 Å². The zero-order chi connectivity index (χ0) is 19.2. The number of hydrogen-bond acceptors (Lipinski definition) is 3. The summed E-state index contributed by atoms with van der Waals surface area (Å²) < 4.78 is 1.93. The summed E-state index contributed by atoms with van der Waals surface area (Å²) in [6.45, 7) is 9.73. The summed E-state index contributed by atoms with van der Waals surface area (Å²) in [5.74, 6) is 0.0228. The minimum Gasteiger partial charge on any atom is -0.347 e. The third kappa shape index (κ3) is 5.32. The highest BCUT2D eigenvalue weighted by molar-refractivity contribution is 6.32. The Morgan fingerprint density at radius 3 is 2.77 bits per heavy atom. The summed E-state index contributed by atoms with van der Waals surface area (Å²) >= 11 is 6.42. The first-order valence-electron chi connectivity index (χ1n) is 9.22. The van der Waals surface area contributed by atoms with Crippen LogP contribution in [0.1, 0.15) is 58.2 Å². The van der Waals surface area contributed by atoms with Crippen molar-refractivity contribution in [1.82, 2.24) is 20.2 Å². The molecule has 0 aliphatic rings. The lowest BCUT2D eigenvalue weighted by atomic mass is 9.93. The molecule has 0 fully saturated rings. The van der Waals surface area contributed by atoms with Crippen LogP contribution in [0.5, 0.6) is 0 Å². The summed E-state index contributed by atoms with van der Waals surface area (Å²) in [5.41, 5.74) is 2.35. The third-order valence-electron chi connectivity index (χ3n) is 4.37. The van der Waals surface area contributed by atoms with Crippen molar-refractivity contribution in [2.45, 2.75) is 59.0 Å². The monoisotopic (exact) mass is 376 g/mol. The Labute approximate surface area is 161 Å². The maximum absolute atomic E-state index is 11.8. The van der Waals surface area contributed by atoms with Crippen molar-refractivity contribution in [3.05, 3.63) is 47.0 Å². The predicted octanol–water partition coefficient (Wildman–Crippen LogP) is 4.18. The van der Waals surface area contributed by atoms with Crippen molar-refractivity contribution >= 4 is 17.5 Å². The number of unbranched alkanes of at least 4 members (excludes halogenated alkanes) is 1. The molecule has 0 bridgehead atoms. The molecule has 0 spiro atoms. The molecule has 2 N–H and O–H groups in total. The Morgan fingerprint density at radius 2 is 2.08 bits per heavy atom. The van der Waals surface area contributed by atoms with E-state index in [-0.39, 0.29) is 5.91 Å². The van der Waals surface area contributed by atoms with Gasteiger partial charge in [-0.25, -0.2) is 4.98 Å². The van der Waals surface area contributed by atoms with Crippen LogP contribution in [0, 0.1) is 0 Å². The SMILES string of the molecule is CCCCNCc1cn(-c2cc(C(C)(C)NC(=O)CC)ccc2Cl)cn1. The van der Waals surface area contributed by atoms with Crippen LogP contribution in [0.3, 0.4) is 0 Å². The number of benzene rings is 1. The third-order valence-corrected chi connectivity index (χ3v) is 4.69. The molecule has 26 heavy (non-hydrogen) atoms. The lowest BCUT2D eigenvalue weighted by Gasteiger charge is -2.27. The summed E-state index contributed by atoms with van der Waals surface area (Å²) in [6, 6.07) is 5.82. The summed E-state index contributed by atoms with van der Waals surface area (Å²) in [5, 5.41) is 7.09. The molecular formula is C20H29ClN4O. The van der Waals surface area contributed by atoms with Gasteiger partial charge in [-0.15, -0.1) is 0 Å². The summed E-state index contributed by atoms with van der Waals surface area (Å²) in [7, 11) is 0. The molecule has 1 aromatic heterocycles. The molecule has 2 rings (SSSR count). The number of rotatable bonds is 9. The zero-order valence-electron chi connectivity index (χ0n) is 16.1. The van der Waals surface area contributed by atoms with Crippen LogP contribution >= 0.6 is 11.6 Å². The van der Waals surface area contributed by atoms with Crippen molar-refractivity contribution < 1.29 is 4.79 Å². The average Bonchev–Trinajstić information content (AvgIpc) is 3.07. The van der Waals surface area contributed by atoms with Crippen LogP contribution in [0.2, 0.25) is 5.02 Å². The normalized spacial score (nSPS) is 11.6. The van der Waals surface area contributed by atoms with Crippen molar-refractivity contribution in [2.75, 3.05) is 6.54 Å². The molecule has 0 unspecified atom stereocenters. The van der Waals surface area contributed by atoms with Gasteiger partial charge < -0.3 is 15.2 Å². The van der Waals surface area contributed by atoms with E-state index in [0.29, 0.717) is 11.4 Å². The van der Waals surface area contributed by atoms with Crippen molar-refractivity contribution in [3.8, 4) is 5.69 Å². The van der Waals surface area contributed by atoms with E-state index in [0.717, 1.165) is 36.5 Å². The highest BCUT2D eigenvalue weighted by Crippen LogP contribution is 2.28. The highest BCUT2D eigenvalue weighted by atomic mass is 35.5. The Bertz CT molecular complexity index is 739. The maximum atomic E-state index is 11.8. The summed E-state index contributed by atoms with van der Waals surface area (Å²) in [4.78, 5) is 16.3. The van der Waals surface area contributed by atoms with Crippen molar-refractivity contribution in [1.29, 1.82) is 0 Å². The average molecular weight is 377 g/mol. The Balaban J connectivity index is 2.19. The standard InChI is InChI=1S/C20H29ClN4O/c1-5-7-10-22-12-16-13-25(14-23-16)18-11-15(8-9-17(18)21)20(3,4)24-19(26)6-2/h8-9,11,13-14,22H,5-7,10,12H2,1-4H3,(H,24,26). The number of aromatic nitrogens is 2. The molecule has 0 saturated heterocycles. The van der Waals surface area contributed by atoms with E-state index in [2.05, 4.69) is 22.5 Å². The summed E-state index contributed by atoms with van der Waals surface area (Å²) in [6.07, 6.45) is 6.56. The molecule has 5 nitrogen and oxygen atoms in total. The fourth-order valence-corrected chi connectivity index (χ4v) is 2.93. The number of amides is 1. The molecule has 0 aliphatic heterocycles. The van der Waals surface area contributed by atoms with Crippen LogP contribution in [-0.4, -0.2) is 22.0 Å². The minimum absolute atomic E-state index is 0.0228. The molecule has 0 saturated carbocycles. The van der Waals surface area contributed by atoms with Gasteiger partial charge in [-0.1, -0.05) is 37.9 Å². The van der Waals surface area contributed by atoms with E-state index in [1.54, 1.807) is 6.33 Å². The van der Waals surface area contributed by atoms with Crippen LogP contribution in [0.25, 0.3) is 5.69 Å². The molecule has 1 aromatic carbocycles. The predicted molar refractivity (Wildman–Crippen MR) is 107 cm³/mol. The molecule has 6 heteroatoms. The fourth-order valence-electron chi connectivity index (χ4n) is 2.71. The quantitative estimate of drug-likeness (QED) is 0.645. The van der Waals surface area contributed by atoms with Gasteiger partial charge in [0, 0.05) is 19.2 Å². The Morgan fingerprint density at radius 1 is 1.31 bits per heavy atom. The van der Waals surface area contributed by atoms with E-state index >= 15 is 0 Å². The number of carbonyl (C=O) groups excluding carboxylic acids is 1. The largest absolute Gasteiger partial charge is 0.347 e. The van der Waals surface area contributed by atoms with Gasteiger partial charge in [0.15, 0.2) is 0 Å². The molecular weight excluding hydrogens is 348 g/mol. The number of nitrogens with one attached hydrogen (secondary N) is 2. The first-order chi connectivity index (χ1) is 12.4. The minimum atomic E-state index is -0.475. The molecule has 2 aromatic rings. The molecule has 0 aliphatic carbocycles. The van der Waals surface area contributed by atoms with Crippen LogP contribution in [-0.2, 0) is 16.9 Å².